The average Bonchev–Trinajstić information content (AvgIpc) is 3.53. The van der Waals surface area contributed by atoms with Crippen LogP contribution in [0.4, 0.5) is 4.39 Å². The Morgan fingerprint density at radius 2 is 2.00 bits per heavy atom. The van der Waals surface area contributed by atoms with Crippen LogP contribution in [0.1, 0.15) is 27.9 Å². The van der Waals surface area contributed by atoms with Gasteiger partial charge in [-0.1, -0.05) is 18.2 Å². The zero-order valence-electron chi connectivity index (χ0n) is 13.2. The Balaban J connectivity index is 1.59. The largest absolute Gasteiger partial charge is 0.356 e. The lowest BCUT2D eigenvalue weighted by Crippen LogP contribution is -2.28. The second kappa shape index (κ2) is 4.11. The third-order valence-electron chi connectivity index (χ3n) is 5.88. The number of hydrogen-bond acceptors (Lipinski definition) is 4. The van der Waals surface area contributed by atoms with E-state index in [9.17, 15) is 9.18 Å². The van der Waals surface area contributed by atoms with E-state index < -0.39 is 5.60 Å². The van der Waals surface area contributed by atoms with Gasteiger partial charge in [0.05, 0.1) is 12.1 Å². The zero-order chi connectivity index (χ0) is 16.8. The Kier molecular flexibility index (Phi) is 2.24. The minimum Gasteiger partial charge on any atom is -0.356 e. The SMILES string of the molecule is O=C1c2ccc([C@@]34CC3C=NC=N4)cc2-c2cc(F)ccc2C12CO2. The maximum atomic E-state index is 13.9. The zero-order valence-corrected chi connectivity index (χ0v) is 13.2. The molecular weight excluding hydrogens is 319 g/mol. The van der Waals surface area contributed by atoms with Crippen molar-refractivity contribution >= 4 is 18.3 Å². The molecule has 0 radical (unpaired) electrons. The minimum absolute atomic E-state index is 0.0355. The monoisotopic (exact) mass is 332 g/mol. The number of hydrogen-bond donors (Lipinski definition) is 0. The molecular formula is C20H13FN2O2. The number of fused-ring (bicyclic) bond motifs is 5. The molecule has 2 aliphatic carbocycles. The van der Waals surface area contributed by atoms with Crippen molar-refractivity contribution in [3.63, 3.8) is 0 Å². The Morgan fingerprint density at radius 1 is 1.12 bits per heavy atom. The van der Waals surface area contributed by atoms with Gasteiger partial charge in [0.15, 0.2) is 5.60 Å². The quantitative estimate of drug-likeness (QED) is 0.753. The van der Waals surface area contributed by atoms with Gasteiger partial charge in [0.1, 0.15) is 12.2 Å². The van der Waals surface area contributed by atoms with Gasteiger partial charge in [-0.25, -0.2) is 9.38 Å². The summed E-state index contributed by atoms with van der Waals surface area (Å²) in [6.07, 6.45) is 4.44. The van der Waals surface area contributed by atoms with Crippen molar-refractivity contribution in [3.05, 3.63) is 58.9 Å². The van der Waals surface area contributed by atoms with E-state index in [-0.39, 0.29) is 17.1 Å². The van der Waals surface area contributed by atoms with Crippen LogP contribution >= 0.6 is 0 Å². The summed E-state index contributed by atoms with van der Waals surface area (Å²) in [5.74, 6) is -0.0443. The fourth-order valence-corrected chi connectivity index (χ4v) is 4.31. The fourth-order valence-electron chi connectivity index (χ4n) is 4.31. The lowest BCUT2D eigenvalue weighted by molar-refractivity contribution is 0.0868. The Labute approximate surface area is 143 Å². The van der Waals surface area contributed by atoms with Crippen molar-refractivity contribution in [3.8, 4) is 11.1 Å². The third-order valence-corrected chi connectivity index (χ3v) is 5.88. The molecule has 2 aromatic rings. The normalized spacial score (nSPS) is 33.0. The highest BCUT2D eigenvalue weighted by atomic mass is 19.1. The highest BCUT2D eigenvalue weighted by Crippen LogP contribution is 2.57. The van der Waals surface area contributed by atoms with Gasteiger partial charge in [0.2, 0.25) is 5.78 Å². The Hall–Kier alpha value is -2.66. The fraction of sp³-hybridized carbons (Fsp3) is 0.250. The Morgan fingerprint density at radius 3 is 2.80 bits per heavy atom. The second-order valence-corrected chi connectivity index (χ2v) is 7.17. The van der Waals surface area contributed by atoms with Crippen LogP contribution in [0, 0.1) is 11.7 Å². The van der Waals surface area contributed by atoms with Crippen LogP contribution in [0.5, 0.6) is 0 Å². The highest BCUT2D eigenvalue weighted by Gasteiger charge is 2.59. The van der Waals surface area contributed by atoms with Crippen molar-refractivity contribution < 1.29 is 13.9 Å². The molecule has 4 aliphatic rings. The number of ketones is 1. The number of Topliss-reactive ketones (excluding diaryl/α,β-unsaturated/α-hetero) is 1. The molecule has 2 unspecified atom stereocenters. The summed E-state index contributed by atoms with van der Waals surface area (Å²) < 4.78 is 19.5. The molecule has 2 aliphatic heterocycles. The predicted octanol–water partition coefficient (Wildman–Crippen LogP) is 3.24. The lowest BCUT2D eigenvalue weighted by Gasteiger charge is -2.26. The van der Waals surface area contributed by atoms with Gasteiger partial charge < -0.3 is 4.74 Å². The van der Waals surface area contributed by atoms with Gasteiger partial charge in [-0.05, 0) is 41.3 Å². The molecule has 122 valence electrons. The summed E-state index contributed by atoms with van der Waals surface area (Å²) in [5.41, 5.74) is 2.76. The number of nitrogens with zero attached hydrogens (tertiary/aromatic N) is 2. The van der Waals surface area contributed by atoms with Crippen LogP contribution < -0.4 is 0 Å². The van der Waals surface area contributed by atoms with Gasteiger partial charge in [-0.3, -0.25) is 9.79 Å². The standard InChI is InChI=1S/C20H13FN2O2/c21-13-2-4-17-16(6-13)15-5-11(19-7-12(19)8-22-10-23-19)1-3-14(15)18(24)20(17)9-25-20/h1-6,8,10,12H,7,9H2/t12?,19-,20?/m0/s1. The molecule has 2 heterocycles. The average molecular weight is 332 g/mol. The number of benzene rings is 2. The summed E-state index contributed by atoms with van der Waals surface area (Å²) in [7, 11) is 0. The van der Waals surface area contributed by atoms with E-state index in [1.54, 1.807) is 12.4 Å². The van der Waals surface area contributed by atoms with Crippen molar-refractivity contribution in [1.29, 1.82) is 0 Å². The van der Waals surface area contributed by atoms with Gasteiger partial charge in [0.25, 0.3) is 0 Å². The summed E-state index contributed by atoms with van der Waals surface area (Å²) >= 11 is 0. The first-order valence-electron chi connectivity index (χ1n) is 8.35. The molecule has 0 amide bonds. The molecule has 0 aromatic heterocycles. The van der Waals surface area contributed by atoms with E-state index in [4.69, 9.17) is 4.74 Å². The number of aliphatic imine (C=N–C) groups is 2. The van der Waals surface area contributed by atoms with E-state index in [2.05, 4.69) is 9.98 Å². The van der Waals surface area contributed by atoms with Crippen LogP contribution in [0.2, 0.25) is 0 Å². The van der Waals surface area contributed by atoms with E-state index in [1.165, 1.54) is 12.1 Å². The van der Waals surface area contributed by atoms with Crippen molar-refractivity contribution in [2.24, 2.45) is 15.9 Å². The smallest absolute Gasteiger partial charge is 0.202 e. The topological polar surface area (TPSA) is 54.3 Å². The molecule has 4 nitrogen and oxygen atoms in total. The summed E-state index contributed by atoms with van der Waals surface area (Å²) in [5, 5.41) is 0. The van der Waals surface area contributed by atoms with Crippen molar-refractivity contribution in [1.82, 2.24) is 0 Å². The van der Waals surface area contributed by atoms with Gasteiger partial charge >= 0.3 is 0 Å². The van der Waals surface area contributed by atoms with Crippen LogP contribution in [-0.4, -0.2) is 24.9 Å². The Bertz CT molecular complexity index is 1040. The maximum absolute atomic E-state index is 13.9. The third kappa shape index (κ3) is 1.57. The lowest BCUT2D eigenvalue weighted by atomic mass is 9.76. The van der Waals surface area contributed by atoms with Crippen LogP contribution in [0.15, 0.2) is 46.4 Å². The molecule has 5 heteroatoms. The van der Waals surface area contributed by atoms with Gasteiger partial charge in [0, 0.05) is 23.3 Å². The summed E-state index contributed by atoms with van der Waals surface area (Å²) in [6.45, 7) is 0.360. The molecule has 1 saturated heterocycles. The molecule has 6 rings (SSSR count). The summed E-state index contributed by atoms with van der Waals surface area (Å²) in [4.78, 5) is 21.6. The molecule has 1 saturated carbocycles. The van der Waals surface area contributed by atoms with Gasteiger partial charge in [-0.15, -0.1) is 0 Å². The van der Waals surface area contributed by atoms with E-state index in [1.807, 2.05) is 24.4 Å². The molecule has 3 atom stereocenters. The van der Waals surface area contributed by atoms with E-state index >= 15 is 0 Å². The number of ether oxygens (including phenoxy) is 1. The molecule has 0 bridgehead atoms. The number of carbonyl (C=O) groups excluding carboxylic acids is 1. The first-order chi connectivity index (χ1) is 12.1. The molecule has 1 spiro atoms. The van der Waals surface area contributed by atoms with Crippen molar-refractivity contribution in [2.45, 2.75) is 17.6 Å². The first-order valence-corrected chi connectivity index (χ1v) is 8.35. The maximum Gasteiger partial charge on any atom is 0.202 e. The van der Waals surface area contributed by atoms with Crippen molar-refractivity contribution in [2.75, 3.05) is 6.61 Å². The predicted molar refractivity (Wildman–Crippen MR) is 90.6 cm³/mol. The minimum atomic E-state index is -0.909. The second-order valence-electron chi connectivity index (χ2n) is 7.17. The van der Waals surface area contributed by atoms with Crippen LogP contribution in [-0.2, 0) is 15.9 Å². The number of rotatable bonds is 1. The molecule has 25 heavy (non-hydrogen) atoms. The number of halogens is 1. The van der Waals surface area contributed by atoms with E-state index in [0.717, 1.165) is 28.7 Å². The van der Waals surface area contributed by atoms with Crippen LogP contribution in [0.3, 0.4) is 0 Å². The molecule has 0 N–H and O–H groups in total. The number of carbonyl (C=O) groups is 1. The van der Waals surface area contributed by atoms with E-state index in [0.29, 0.717) is 18.1 Å². The first kappa shape index (κ1) is 13.6. The highest BCUT2D eigenvalue weighted by molar-refractivity contribution is 6.13. The number of epoxide rings is 1. The molecule has 2 fully saturated rings. The summed E-state index contributed by atoms with van der Waals surface area (Å²) in [6, 6.07) is 10.4. The van der Waals surface area contributed by atoms with Gasteiger partial charge in [-0.2, -0.15) is 0 Å². The molecule has 2 aromatic carbocycles. The van der Waals surface area contributed by atoms with Crippen LogP contribution in [0.25, 0.3) is 11.1 Å².